The molecule has 1 spiro atoms. The minimum absolute atomic E-state index is 0.0407. The largest absolute Gasteiger partial charge is 0.445 e. The van der Waals surface area contributed by atoms with Crippen molar-refractivity contribution in [3.8, 4) is 0 Å². The minimum atomic E-state index is -4.60. The van der Waals surface area contributed by atoms with Crippen LogP contribution in [0, 0.1) is 0 Å². The summed E-state index contributed by atoms with van der Waals surface area (Å²) in [6.45, 7) is 3.02. The zero-order valence-corrected chi connectivity index (χ0v) is 25.7. The first-order chi connectivity index (χ1) is 21.4. The van der Waals surface area contributed by atoms with E-state index in [-0.39, 0.29) is 55.1 Å². The summed E-state index contributed by atoms with van der Waals surface area (Å²) in [6, 6.07) is 10.6. The maximum atomic E-state index is 13.6. The predicted octanol–water partition coefficient (Wildman–Crippen LogP) is 5.56. The van der Waals surface area contributed by atoms with Gasteiger partial charge in [-0.05, 0) is 62.3 Å². The fourth-order valence-electron chi connectivity index (χ4n) is 5.63. The molecule has 0 aromatic heterocycles. The van der Waals surface area contributed by atoms with Crippen molar-refractivity contribution >= 4 is 41.2 Å². The van der Waals surface area contributed by atoms with E-state index in [2.05, 4.69) is 16.0 Å². The van der Waals surface area contributed by atoms with Crippen LogP contribution in [0.25, 0.3) is 0 Å². The number of urea groups is 1. The Morgan fingerprint density at radius 2 is 1.80 bits per heavy atom. The van der Waals surface area contributed by atoms with E-state index in [1.807, 2.05) is 37.3 Å². The molecule has 14 heteroatoms. The number of piperazine rings is 1. The molecule has 3 N–H and O–H groups in total. The third-order valence-electron chi connectivity index (χ3n) is 8.07. The average molecular weight is 652 g/mol. The lowest BCUT2D eigenvalue weighted by atomic mass is 9.81. The topological polar surface area (TPSA) is 120 Å². The summed E-state index contributed by atoms with van der Waals surface area (Å²) < 4.78 is 44.6. The molecule has 4 rings (SSSR count). The third kappa shape index (κ3) is 8.38. The number of likely N-dealkylation sites (tertiary alicyclic amines) is 1. The predicted molar refractivity (Wildman–Crippen MR) is 161 cm³/mol. The Morgan fingerprint density at radius 1 is 1.09 bits per heavy atom. The number of anilines is 1. The number of piperidine rings is 1. The Kier molecular flexibility index (Phi) is 11.2. The number of alkyl halides is 3. The van der Waals surface area contributed by atoms with Gasteiger partial charge in [0.25, 0.3) is 0 Å². The van der Waals surface area contributed by atoms with Gasteiger partial charge in [-0.25, -0.2) is 9.59 Å². The molecule has 0 unspecified atom stereocenters. The van der Waals surface area contributed by atoms with Crippen molar-refractivity contribution in [2.24, 2.45) is 0 Å². The van der Waals surface area contributed by atoms with Crippen molar-refractivity contribution in [2.45, 2.75) is 69.8 Å². The molecular weight excluding hydrogens is 615 g/mol. The van der Waals surface area contributed by atoms with Crippen LogP contribution in [0.1, 0.15) is 56.6 Å². The van der Waals surface area contributed by atoms with Crippen LogP contribution in [-0.2, 0) is 27.1 Å². The van der Waals surface area contributed by atoms with Crippen LogP contribution in [0.2, 0.25) is 5.02 Å². The van der Waals surface area contributed by atoms with Crippen molar-refractivity contribution in [3.05, 3.63) is 64.7 Å². The highest BCUT2D eigenvalue weighted by Crippen LogP contribution is 2.36. The van der Waals surface area contributed by atoms with E-state index in [9.17, 15) is 32.3 Å². The third-order valence-corrected chi connectivity index (χ3v) is 8.40. The lowest BCUT2D eigenvalue weighted by Crippen LogP contribution is -2.73. The summed E-state index contributed by atoms with van der Waals surface area (Å²) >= 11 is 6.03. The Hall–Kier alpha value is -4.00. The zero-order valence-electron chi connectivity index (χ0n) is 24.9. The van der Waals surface area contributed by atoms with Gasteiger partial charge in [0, 0.05) is 26.2 Å². The molecule has 2 aliphatic heterocycles. The summed E-state index contributed by atoms with van der Waals surface area (Å²) in [6.07, 6.45) is -2.60. The summed E-state index contributed by atoms with van der Waals surface area (Å²) in [5.41, 5.74) is -1.36. The highest BCUT2D eigenvalue weighted by molar-refractivity contribution is 6.33. The van der Waals surface area contributed by atoms with Gasteiger partial charge in [-0.3, -0.25) is 9.59 Å². The normalized spacial score (nSPS) is 18.0. The molecule has 2 aromatic carbocycles. The van der Waals surface area contributed by atoms with Crippen molar-refractivity contribution in [2.75, 3.05) is 31.5 Å². The van der Waals surface area contributed by atoms with Crippen molar-refractivity contribution < 1.29 is 37.1 Å². The number of ether oxygens (including phenoxy) is 1. The summed E-state index contributed by atoms with van der Waals surface area (Å²) in [5.74, 6) is -0.482. The number of halogens is 4. The van der Waals surface area contributed by atoms with Gasteiger partial charge >= 0.3 is 18.3 Å². The first kappa shape index (κ1) is 33.9. The fraction of sp³-hybridized carbons (Fsp3) is 0.484. The van der Waals surface area contributed by atoms with E-state index in [0.29, 0.717) is 38.8 Å². The van der Waals surface area contributed by atoms with E-state index >= 15 is 0 Å². The molecule has 5 amide bonds. The number of unbranched alkanes of at least 4 members (excludes halogenated alkanes) is 1. The smallest absolute Gasteiger partial charge is 0.416 e. The number of rotatable bonds is 10. The van der Waals surface area contributed by atoms with Gasteiger partial charge in [0.15, 0.2) is 0 Å². The number of nitrogens with one attached hydrogen (secondary N) is 3. The van der Waals surface area contributed by atoms with Gasteiger partial charge in [-0.1, -0.05) is 48.9 Å². The number of benzene rings is 2. The lowest BCUT2D eigenvalue weighted by Gasteiger charge is -2.51. The molecule has 244 valence electrons. The SMILES string of the molecule is CCCN1C(=O)[C@H](CCCCNC(=O)OCc2ccccc2)NC(=O)C12CCN(C(=O)Nc1cc(C(F)(F)F)ccc1Cl)CC2. The van der Waals surface area contributed by atoms with E-state index in [4.69, 9.17) is 16.3 Å². The van der Waals surface area contributed by atoms with E-state index < -0.39 is 35.4 Å². The highest BCUT2D eigenvalue weighted by Gasteiger charge is 2.53. The molecule has 10 nitrogen and oxygen atoms in total. The van der Waals surface area contributed by atoms with Crippen molar-refractivity contribution in [1.82, 2.24) is 20.4 Å². The molecule has 1 atom stereocenters. The Labute approximate surface area is 264 Å². The van der Waals surface area contributed by atoms with Crippen LogP contribution in [0.3, 0.4) is 0 Å². The summed E-state index contributed by atoms with van der Waals surface area (Å²) in [4.78, 5) is 55.0. The molecule has 2 fully saturated rings. The minimum Gasteiger partial charge on any atom is -0.445 e. The van der Waals surface area contributed by atoms with E-state index in [1.165, 1.54) is 4.90 Å². The molecule has 2 saturated heterocycles. The number of nitrogens with zero attached hydrogens (tertiary/aromatic N) is 2. The molecule has 45 heavy (non-hydrogen) atoms. The second kappa shape index (κ2) is 14.9. The quantitative estimate of drug-likeness (QED) is 0.291. The van der Waals surface area contributed by atoms with Crippen LogP contribution in [0.4, 0.5) is 28.4 Å². The number of hydrogen-bond donors (Lipinski definition) is 3. The van der Waals surface area contributed by atoms with Gasteiger partial charge in [-0.2, -0.15) is 13.2 Å². The fourth-order valence-corrected chi connectivity index (χ4v) is 5.79. The monoisotopic (exact) mass is 651 g/mol. The molecule has 0 radical (unpaired) electrons. The molecule has 0 saturated carbocycles. The Morgan fingerprint density at radius 3 is 2.47 bits per heavy atom. The number of amides is 5. The van der Waals surface area contributed by atoms with Crippen LogP contribution in [0.5, 0.6) is 0 Å². The summed E-state index contributed by atoms with van der Waals surface area (Å²) in [7, 11) is 0. The van der Waals surface area contributed by atoms with Gasteiger partial charge in [0.05, 0.1) is 16.3 Å². The maximum absolute atomic E-state index is 13.6. The van der Waals surface area contributed by atoms with Crippen LogP contribution < -0.4 is 16.0 Å². The van der Waals surface area contributed by atoms with E-state index in [1.54, 1.807) is 4.90 Å². The Bertz CT molecular complexity index is 1370. The molecule has 2 aliphatic rings. The van der Waals surface area contributed by atoms with Gasteiger partial charge < -0.3 is 30.5 Å². The molecule has 2 aromatic rings. The van der Waals surface area contributed by atoms with Crippen LogP contribution in [0.15, 0.2) is 48.5 Å². The van der Waals surface area contributed by atoms with Crippen molar-refractivity contribution in [1.29, 1.82) is 0 Å². The van der Waals surface area contributed by atoms with E-state index in [0.717, 1.165) is 23.8 Å². The van der Waals surface area contributed by atoms with Gasteiger partial charge in [0.1, 0.15) is 18.2 Å². The summed E-state index contributed by atoms with van der Waals surface area (Å²) in [5, 5.41) is 7.97. The van der Waals surface area contributed by atoms with Crippen LogP contribution >= 0.6 is 11.6 Å². The zero-order chi connectivity index (χ0) is 32.6. The van der Waals surface area contributed by atoms with Crippen LogP contribution in [-0.4, -0.2) is 71.5 Å². The molecular formula is C31H37ClF3N5O5. The first-order valence-electron chi connectivity index (χ1n) is 14.9. The number of carbonyl (C=O) groups is 4. The van der Waals surface area contributed by atoms with Gasteiger partial charge in [-0.15, -0.1) is 0 Å². The second-order valence-corrected chi connectivity index (χ2v) is 11.5. The Balaban J connectivity index is 1.27. The average Bonchev–Trinajstić information content (AvgIpc) is 3.02. The van der Waals surface area contributed by atoms with Gasteiger partial charge in [0.2, 0.25) is 11.8 Å². The lowest BCUT2D eigenvalue weighted by molar-refractivity contribution is -0.161. The molecule has 0 aliphatic carbocycles. The highest BCUT2D eigenvalue weighted by atomic mass is 35.5. The standard InChI is InChI=1S/C31H37ClF3N5O5/c1-2-16-40-26(41)24(10-6-7-15-36-29(44)45-20-21-8-4-3-5-9-21)37-27(42)30(40)13-17-39(18-14-30)28(43)38-25-19-22(31(33,34)35)11-12-23(25)32/h3-5,8-9,11-12,19,24H,2,6-7,10,13-18,20H2,1H3,(H,36,44)(H,37,42)(H,38,43)/t24-/m0/s1. The number of alkyl carbamates (subject to hydrolysis) is 1. The molecule has 2 heterocycles. The first-order valence-corrected chi connectivity index (χ1v) is 15.3. The molecule has 0 bridgehead atoms. The maximum Gasteiger partial charge on any atom is 0.416 e. The second-order valence-electron chi connectivity index (χ2n) is 11.1. The number of hydrogen-bond acceptors (Lipinski definition) is 5. The number of carbonyl (C=O) groups excluding carboxylic acids is 4. The van der Waals surface area contributed by atoms with Crippen molar-refractivity contribution in [3.63, 3.8) is 0 Å².